The van der Waals surface area contributed by atoms with Crippen LogP contribution in [-0.4, -0.2) is 50.7 Å². The molecular formula is C25H24N6O. The fourth-order valence-electron chi connectivity index (χ4n) is 4.52. The van der Waals surface area contributed by atoms with Crippen molar-refractivity contribution in [2.24, 2.45) is 0 Å². The van der Waals surface area contributed by atoms with Crippen LogP contribution in [0.25, 0.3) is 28.1 Å². The monoisotopic (exact) mass is 424 g/mol. The lowest BCUT2D eigenvalue weighted by Crippen LogP contribution is -2.46. The Morgan fingerprint density at radius 3 is 2.59 bits per heavy atom. The molecule has 3 aromatic heterocycles. The summed E-state index contributed by atoms with van der Waals surface area (Å²) in [6.07, 6.45) is 1.66. The van der Waals surface area contributed by atoms with Crippen molar-refractivity contribution in [1.29, 1.82) is 0 Å². The van der Waals surface area contributed by atoms with Gasteiger partial charge in [-0.2, -0.15) is 0 Å². The largest absolute Gasteiger partial charge is 0.461 e. The predicted molar refractivity (Wildman–Crippen MR) is 125 cm³/mol. The lowest BCUT2D eigenvalue weighted by Gasteiger charge is -2.35. The van der Waals surface area contributed by atoms with Crippen LogP contribution in [0.5, 0.6) is 0 Å². The van der Waals surface area contributed by atoms with E-state index in [0.29, 0.717) is 11.6 Å². The van der Waals surface area contributed by atoms with Gasteiger partial charge in [0.25, 0.3) is 0 Å². The van der Waals surface area contributed by atoms with Gasteiger partial charge in [0.15, 0.2) is 11.4 Å². The zero-order valence-corrected chi connectivity index (χ0v) is 18.0. The minimum absolute atomic E-state index is 0.681. The van der Waals surface area contributed by atoms with Crippen molar-refractivity contribution in [3.8, 4) is 11.6 Å². The van der Waals surface area contributed by atoms with Gasteiger partial charge in [-0.25, -0.2) is 9.38 Å². The number of aromatic nitrogens is 4. The highest BCUT2D eigenvalue weighted by Gasteiger charge is 2.24. The third-order valence-corrected chi connectivity index (χ3v) is 6.11. The molecule has 0 saturated carbocycles. The molecule has 5 aromatic rings. The van der Waals surface area contributed by atoms with E-state index in [4.69, 9.17) is 9.40 Å². The van der Waals surface area contributed by atoms with E-state index in [1.165, 1.54) is 11.1 Å². The molecule has 160 valence electrons. The van der Waals surface area contributed by atoms with Crippen LogP contribution in [0.15, 0.2) is 71.3 Å². The van der Waals surface area contributed by atoms with Crippen LogP contribution in [0.4, 0.5) is 5.95 Å². The van der Waals surface area contributed by atoms with Gasteiger partial charge in [-0.3, -0.25) is 4.90 Å². The Bertz CT molecular complexity index is 1380. The van der Waals surface area contributed by atoms with Crippen molar-refractivity contribution in [1.82, 2.24) is 24.5 Å². The second-order valence-corrected chi connectivity index (χ2v) is 8.34. The quantitative estimate of drug-likeness (QED) is 0.432. The van der Waals surface area contributed by atoms with Crippen molar-refractivity contribution < 1.29 is 4.42 Å². The zero-order valence-electron chi connectivity index (χ0n) is 18.0. The second-order valence-electron chi connectivity index (χ2n) is 8.34. The number of rotatable bonds is 4. The summed E-state index contributed by atoms with van der Waals surface area (Å²) < 4.78 is 7.69. The molecule has 1 aliphatic rings. The molecule has 0 atom stereocenters. The van der Waals surface area contributed by atoms with E-state index in [1.807, 2.05) is 40.8 Å². The molecule has 0 unspecified atom stereocenters. The minimum Gasteiger partial charge on any atom is -0.461 e. The number of anilines is 1. The fraction of sp³-hybridized carbons (Fsp3) is 0.240. The predicted octanol–water partition coefficient (Wildman–Crippen LogP) is 4.17. The van der Waals surface area contributed by atoms with Crippen LogP contribution in [0.3, 0.4) is 0 Å². The van der Waals surface area contributed by atoms with Crippen LogP contribution >= 0.6 is 0 Å². The Hall–Kier alpha value is -3.71. The fourth-order valence-corrected chi connectivity index (χ4v) is 4.52. The summed E-state index contributed by atoms with van der Waals surface area (Å²) in [5, 5.41) is 9.96. The highest BCUT2D eigenvalue weighted by Crippen LogP contribution is 2.29. The van der Waals surface area contributed by atoms with E-state index in [9.17, 15) is 0 Å². The van der Waals surface area contributed by atoms with Gasteiger partial charge in [0.2, 0.25) is 11.8 Å². The lowest BCUT2D eigenvalue weighted by atomic mass is 10.1. The molecule has 1 saturated heterocycles. The number of hydrogen-bond acceptors (Lipinski definition) is 6. The summed E-state index contributed by atoms with van der Waals surface area (Å²) in [6.45, 7) is 6.85. The summed E-state index contributed by atoms with van der Waals surface area (Å²) in [6, 6.07) is 20.6. The molecule has 7 nitrogen and oxygen atoms in total. The number of benzene rings is 2. The van der Waals surface area contributed by atoms with E-state index >= 15 is 0 Å². The number of fused-ring (bicyclic) bond motifs is 3. The normalized spacial score (nSPS) is 15.1. The first-order chi connectivity index (χ1) is 15.8. The third kappa shape index (κ3) is 3.31. The molecule has 32 heavy (non-hydrogen) atoms. The van der Waals surface area contributed by atoms with E-state index in [2.05, 4.69) is 51.2 Å². The van der Waals surface area contributed by atoms with Crippen molar-refractivity contribution >= 4 is 22.5 Å². The molecule has 7 heteroatoms. The lowest BCUT2D eigenvalue weighted by molar-refractivity contribution is 0.248. The van der Waals surface area contributed by atoms with E-state index < -0.39 is 0 Å². The van der Waals surface area contributed by atoms with Crippen LogP contribution in [-0.2, 0) is 6.54 Å². The van der Waals surface area contributed by atoms with Gasteiger partial charge in [0.1, 0.15) is 0 Å². The number of furan rings is 1. The van der Waals surface area contributed by atoms with Gasteiger partial charge in [-0.15, -0.1) is 10.2 Å². The van der Waals surface area contributed by atoms with Gasteiger partial charge in [0, 0.05) is 38.1 Å². The van der Waals surface area contributed by atoms with Gasteiger partial charge < -0.3 is 9.32 Å². The van der Waals surface area contributed by atoms with Gasteiger partial charge in [-0.05, 0) is 36.8 Å². The molecule has 0 bridgehead atoms. The number of piperazine rings is 1. The Balaban J connectivity index is 1.35. The average Bonchev–Trinajstić information content (AvgIpc) is 3.49. The first-order valence-electron chi connectivity index (χ1n) is 11.0. The maximum Gasteiger partial charge on any atom is 0.213 e. The van der Waals surface area contributed by atoms with Crippen molar-refractivity contribution in [2.45, 2.75) is 13.5 Å². The number of para-hydroxylation sites is 1. The molecule has 4 heterocycles. The zero-order chi connectivity index (χ0) is 21.5. The average molecular weight is 425 g/mol. The summed E-state index contributed by atoms with van der Waals surface area (Å²) in [7, 11) is 0. The SMILES string of the molecule is Cc1cccc(CN2CCN(c3nc4ccccc4c4nnc(-c5ccco5)n34)CC2)c1. The van der Waals surface area contributed by atoms with E-state index in [0.717, 1.165) is 55.2 Å². The topological polar surface area (TPSA) is 62.7 Å². The van der Waals surface area contributed by atoms with Crippen LogP contribution in [0.1, 0.15) is 11.1 Å². The Labute approximate surface area is 185 Å². The number of hydrogen-bond donors (Lipinski definition) is 0. The van der Waals surface area contributed by atoms with Crippen LogP contribution in [0.2, 0.25) is 0 Å². The molecule has 6 rings (SSSR count). The molecule has 1 fully saturated rings. The van der Waals surface area contributed by atoms with Crippen molar-refractivity contribution in [3.63, 3.8) is 0 Å². The first-order valence-corrected chi connectivity index (χ1v) is 11.0. The standard InChI is InChI=1S/C25H24N6O/c1-18-6-4-7-19(16-18)17-29-11-13-30(14-12-29)25-26-21-9-3-2-8-20(21)23-27-28-24(31(23)25)22-10-5-15-32-22/h2-10,15-16H,11-14,17H2,1H3. The molecule has 2 aromatic carbocycles. The van der Waals surface area contributed by atoms with Gasteiger partial charge in [-0.1, -0.05) is 42.0 Å². The minimum atomic E-state index is 0.681. The van der Waals surface area contributed by atoms with Crippen molar-refractivity contribution in [2.75, 3.05) is 31.1 Å². The molecule has 0 radical (unpaired) electrons. The number of nitrogens with zero attached hydrogens (tertiary/aromatic N) is 6. The first kappa shape index (κ1) is 19.0. The van der Waals surface area contributed by atoms with E-state index in [-0.39, 0.29) is 0 Å². The Morgan fingerprint density at radius 2 is 1.78 bits per heavy atom. The maximum atomic E-state index is 5.66. The second kappa shape index (κ2) is 7.76. The highest BCUT2D eigenvalue weighted by molar-refractivity contribution is 5.93. The summed E-state index contributed by atoms with van der Waals surface area (Å²) in [5.74, 6) is 2.24. The summed E-state index contributed by atoms with van der Waals surface area (Å²) >= 11 is 0. The summed E-state index contributed by atoms with van der Waals surface area (Å²) in [5.41, 5.74) is 4.40. The smallest absolute Gasteiger partial charge is 0.213 e. The molecule has 0 aliphatic carbocycles. The van der Waals surface area contributed by atoms with Gasteiger partial charge in [0.05, 0.1) is 11.8 Å². The molecule has 0 amide bonds. The van der Waals surface area contributed by atoms with Crippen LogP contribution in [0, 0.1) is 6.92 Å². The third-order valence-electron chi connectivity index (χ3n) is 6.11. The van der Waals surface area contributed by atoms with E-state index in [1.54, 1.807) is 6.26 Å². The molecule has 1 aliphatic heterocycles. The highest BCUT2D eigenvalue weighted by atomic mass is 16.3. The molecule has 0 spiro atoms. The maximum absolute atomic E-state index is 5.66. The Kier molecular flexibility index (Phi) is 4.61. The molecular weight excluding hydrogens is 400 g/mol. The van der Waals surface area contributed by atoms with Gasteiger partial charge >= 0.3 is 0 Å². The van der Waals surface area contributed by atoms with Crippen molar-refractivity contribution in [3.05, 3.63) is 78.1 Å². The Morgan fingerprint density at radius 1 is 0.906 bits per heavy atom. The molecule has 0 N–H and O–H groups in total. The summed E-state index contributed by atoms with van der Waals surface area (Å²) in [4.78, 5) is 9.88. The number of aryl methyl sites for hydroxylation is 1. The van der Waals surface area contributed by atoms with Crippen LogP contribution < -0.4 is 4.90 Å².